The van der Waals surface area contributed by atoms with Gasteiger partial charge in [-0.05, 0) is 38.5 Å². The Hall–Kier alpha value is -2.18. The Balaban J connectivity index is 4.51. The minimum atomic E-state index is -0.804. The largest absolute Gasteiger partial charge is 0.462 e. The van der Waals surface area contributed by atoms with Crippen LogP contribution in [0.25, 0.3) is 0 Å². The number of hydrogen-bond acceptors (Lipinski definition) is 5. The van der Waals surface area contributed by atoms with Gasteiger partial charge in [0.05, 0.1) is 25.2 Å². The summed E-state index contributed by atoms with van der Waals surface area (Å²) in [5.41, 5.74) is 0. The van der Waals surface area contributed by atoms with E-state index < -0.39 is 18.2 Å². The van der Waals surface area contributed by atoms with E-state index in [1.165, 1.54) is 167 Å². The van der Waals surface area contributed by atoms with E-state index in [9.17, 15) is 19.8 Å². The number of esters is 1. The Bertz CT molecular complexity index is 1070. The summed E-state index contributed by atoms with van der Waals surface area (Å²) in [6, 6.07) is -0.721. The zero-order chi connectivity index (χ0) is 45.2. The third-order valence-corrected chi connectivity index (χ3v) is 12.3. The van der Waals surface area contributed by atoms with Crippen LogP contribution in [-0.4, -0.2) is 46.9 Å². The second-order valence-electron chi connectivity index (χ2n) is 18.4. The molecule has 0 aromatic carbocycles. The van der Waals surface area contributed by atoms with Crippen LogP contribution in [-0.2, 0) is 14.3 Å². The van der Waals surface area contributed by atoms with Crippen molar-refractivity contribution in [1.82, 2.24) is 5.32 Å². The molecule has 0 heterocycles. The van der Waals surface area contributed by atoms with Gasteiger partial charge in [-0.3, -0.25) is 9.59 Å². The molecule has 362 valence electrons. The van der Waals surface area contributed by atoms with E-state index >= 15 is 0 Å². The first-order valence-corrected chi connectivity index (χ1v) is 26.9. The molecule has 0 saturated carbocycles. The molecule has 0 spiro atoms. The van der Waals surface area contributed by atoms with Gasteiger partial charge in [0.1, 0.15) is 6.10 Å². The maximum absolute atomic E-state index is 13.2. The first kappa shape index (κ1) is 59.8. The molecule has 3 unspecified atom stereocenters. The minimum Gasteiger partial charge on any atom is -0.462 e. The van der Waals surface area contributed by atoms with Crippen molar-refractivity contribution < 1.29 is 24.5 Å². The maximum atomic E-state index is 13.2. The monoisotopic (exact) mass is 870 g/mol. The maximum Gasteiger partial charge on any atom is 0.306 e. The summed E-state index contributed by atoms with van der Waals surface area (Å²) in [7, 11) is 0. The predicted molar refractivity (Wildman–Crippen MR) is 269 cm³/mol. The molecule has 0 saturated heterocycles. The standard InChI is InChI=1S/C56H103NO5/c1-4-7-10-13-16-19-22-24-26-27-29-30-33-36-39-42-45-48-54(59)53(51-58)57-55(60)50-52(47-44-41-38-35-32-21-18-15-12-9-6-3)62-56(61)49-46-43-40-37-34-31-28-25-23-20-17-14-11-8-5-2/h9,12,15,18,21,32,35,38,52-54,58-59H,4-8,10-11,13-14,16-17,19-20,22-31,33-34,36-37,39-51H2,1-3H3,(H,57,60)/b12-9+,18-15+,32-21-,38-35-. The van der Waals surface area contributed by atoms with E-state index in [1.807, 2.05) is 36.5 Å². The third-order valence-electron chi connectivity index (χ3n) is 12.3. The number of unbranched alkanes of at least 4 members (excludes halogenated alkanes) is 31. The molecule has 0 radical (unpaired) electrons. The van der Waals surface area contributed by atoms with Crippen molar-refractivity contribution in [3.8, 4) is 0 Å². The zero-order valence-corrected chi connectivity index (χ0v) is 41.3. The van der Waals surface area contributed by atoms with Crippen molar-refractivity contribution in [2.45, 2.75) is 289 Å². The SMILES string of the molecule is CC/C=C/C=C/C=C\C=C/CCCC(CC(=O)NC(CO)C(O)CCCCCCCCCCCCCCCCCCC)OC(=O)CCCCCCCCCCCCCCCCC. The molecule has 0 aromatic heterocycles. The van der Waals surface area contributed by atoms with Crippen LogP contribution in [0.4, 0.5) is 0 Å². The fourth-order valence-electron chi connectivity index (χ4n) is 8.21. The average Bonchev–Trinajstić information content (AvgIpc) is 3.26. The Kier molecular flexibility index (Phi) is 48.1. The molecule has 3 N–H and O–H groups in total. The van der Waals surface area contributed by atoms with Crippen LogP contribution in [0.2, 0.25) is 0 Å². The van der Waals surface area contributed by atoms with E-state index in [-0.39, 0.29) is 24.9 Å². The van der Waals surface area contributed by atoms with Crippen molar-refractivity contribution in [1.29, 1.82) is 0 Å². The van der Waals surface area contributed by atoms with Gasteiger partial charge in [-0.2, -0.15) is 0 Å². The van der Waals surface area contributed by atoms with Crippen LogP contribution < -0.4 is 5.32 Å². The highest BCUT2D eigenvalue weighted by molar-refractivity contribution is 5.77. The van der Waals surface area contributed by atoms with Gasteiger partial charge in [0, 0.05) is 6.42 Å². The normalized spacial score (nSPS) is 13.6. The minimum absolute atomic E-state index is 0.0344. The summed E-state index contributed by atoms with van der Waals surface area (Å²) >= 11 is 0. The summed E-state index contributed by atoms with van der Waals surface area (Å²) in [5, 5.41) is 23.8. The zero-order valence-electron chi connectivity index (χ0n) is 41.3. The molecule has 1 amide bonds. The Morgan fingerprint density at radius 2 is 0.871 bits per heavy atom. The Labute approximate surface area is 385 Å². The van der Waals surface area contributed by atoms with Gasteiger partial charge >= 0.3 is 5.97 Å². The summed E-state index contributed by atoms with van der Waals surface area (Å²) in [6.07, 6.45) is 60.5. The number of ether oxygens (including phenoxy) is 1. The van der Waals surface area contributed by atoms with Crippen molar-refractivity contribution in [3.63, 3.8) is 0 Å². The van der Waals surface area contributed by atoms with Crippen molar-refractivity contribution in [2.75, 3.05) is 6.61 Å². The highest BCUT2D eigenvalue weighted by Gasteiger charge is 2.24. The van der Waals surface area contributed by atoms with Crippen LogP contribution in [0.3, 0.4) is 0 Å². The van der Waals surface area contributed by atoms with Gasteiger partial charge in [-0.1, -0.05) is 268 Å². The third kappa shape index (κ3) is 44.4. The van der Waals surface area contributed by atoms with Crippen LogP contribution in [0.5, 0.6) is 0 Å². The number of aliphatic hydroxyl groups excluding tert-OH is 2. The fourth-order valence-corrected chi connectivity index (χ4v) is 8.21. The summed E-state index contributed by atoms with van der Waals surface area (Å²) in [4.78, 5) is 26.1. The highest BCUT2D eigenvalue weighted by atomic mass is 16.5. The molecule has 6 nitrogen and oxygen atoms in total. The van der Waals surface area contributed by atoms with Gasteiger partial charge in [0.2, 0.25) is 5.91 Å². The number of carbonyl (C=O) groups excluding carboxylic acids is 2. The van der Waals surface area contributed by atoms with Gasteiger partial charge in [0.25, 0.3) is 0 Å². The molecule has 3 atom stereocenters. The van der Waals surface area contributed by atoms with Crippen molar-refractivity contribution in [3.05, 3.63) is 48.6 Å². The number of rotatable bonds is 48. The lowest BCUT2D eigenvalue weighted by atomic mass is 10.0. The summed E-state index contributed by atoms with van der Waals surface area (Å²) in [5.74, 6) is -0.532. The molecule has 0 fully saturated rings. The van der Waals surface area contributed by atoms with Gasteiger partial charge < -0.3 is 20.3 Å². The van der Waals surface area contributed by atoms with Gasteiger partial charge in [-0.25, -0.2) is 0 Å². The van der Waals surface area contributed by atoms with Crippen LogP contribution >= 0.6 is 0 Å². The van der Waals surface area contributed by atoms with Crippen molar-refractivity contribution >= 4 is 11.9 Å². The quantitative estimate of drug-likeness (QED) is 0.0322. The lowest BCUT2D eigenvalue weighted by Gasteiger charge is -2.24. The van der Waals surface area contributed by atoms with Crippen molar-refractivity contribution in [2.24, 2.45) is 0 Å². The van der Waals surface area contributed by atoms with Gasteiger partial charge in [0.15, 0.2) is 0 Å². The summed E-state index contributed by atoms with van der Waals surface area (Å²) in [6.45, 7) is 6.34. The number of aliphatic hydroxyl groups is 2. The second kappa shape index (κ2) is 49.8. The number of nitrogens with one attached hydrogen (secondary N) is 1. The molecular weight excluding hydrogens is 767 g/mol. The first-order chi connectivity index (χ1) is 30.5. The fraction of sp³-hybridized carbons (Fsp3) is 0.821. The summed E-state index contributed by atoms with van der Waals surface area (Å²) < 4.78 is 5.90. The van der Waals surface area contributed by atoms with E-state index in [0.717, 1.165) is 57.8 Å². The predicted octanol–water partition coefficient (Wildman–Crippen LogP) is 16.2. The molecular formula is C56H103NO5. The first-order valence-electron chi connectivity index (χ1n) is 26.9. The average molecular weight is 870 g/mol. The lowest BCUT2D eigenvalue weighted by molar-refractivity contribution is -0.151. The van der Waals surface area contributed by atoms with Crippen LogP contribution in [0.1, 0.15) is 271 Å². The topological polar surface area (TPSA) is 95.9 Å². The number of hydrogen-bond donors (Lipinski definition) is 3. The molecule has 0 aliphatic carbocycles. The van der Waals surface area contributed by atoms with E-state index in [4.69, 9.17) is 4.74 Å². The lowest BCUT2D eigenvalue weighted by Crippen LogP contribution is -2.46. The molecule has 0 aliphatic rings. The highest BCUT2D eigenvalue weighted by Crippen LogP contribution is 2.18. The van der Waals surface area contributed by atoms with Crippen LogP contribution in [0, 0.1) is 0 Å². The number of amides is 1. The molecule has 0 rings (SSSR count). The van der Waals surface area contributed by atoms with E-state index in [1.54, 1.807) is 0 Å². The Morgan fingerprint density at radius 3 is 1.29 bits per heavy atom. The number of carbonyl (C=O) groups is 2. The molecule has 0 aliphatic heterocycles. The molecule has 62 heavy (non-hydrogen) atoms. The molecule has 0 bridgehead atoms. The van der Waals surface area contributed by atoms with E-state index in [2.05, 4.69) is 38.2 Å². The van der Waals surface area contributed by atoms with E-state index in [0.29, 0.717) is 19.3 Å². The van der Waals surface area contributed by atoms with Crippen LogP contribution in [0.15, 0.2) is 48.6 Å². The number of allylic oxidation sites excluding steroid dienone is 8. The molecule has 6 heteroatoms. The Morgan fingerprint density at radius 1 is 0.484 bits per heavy atom. The molecule has 0 aromatic rings. The second-order valence-corrected chi connectivity index (χ2v) is 18.4. The smallest absolute Gasteiger partial charge is 0.306 e. The van der Waals surface area contributed by atoms with Gasteiger partial charge in [-0.15, -0.1) is 0 Å².